The fourth-order valence-corrected chi connectivity index (χ4v) is 5.01. The Hall–Kier alpha value is -3.71. The highest BCUT2D eigenvalue weighted by Crippen LogP contribution is 2.30. The van der Waals surface area contributed by atoms with Crippen LogP contribution in [-0.2, 0) is 16.0 Å². The predicted molar refractivity (Wildman–Crippen MR) is 156 cm³/mol. The van der Waals surface area contributed by atoms with Crippen molar-refractivity contribution in [1.29, 1.82) is 0 Å². The Morgan fingerprint density at radius 1 is 1.00 bits per heavy atom. The van der Waals surface area contributed by atoms with E-state index in [1.54, 1.807) is 18.3 Å². The summed E-state index contributed by atoms with van der Waals surface area (Å²) in [4.78, 5) is 41.0. The fourth-order valence-electron chi connectivity index (χ4n) is 5.01. The summed E-state index contributed by atoms with van der Waals surface area (Å²) in [6, 6.07) is 15.9. The lowest BCUT2D eigenvalue weighted by Crippen LogP contribution is -2.40. The number of carbonyl (C=O) groups excluding carboxylic acids is 1. The second kappa shape index (κ2) is 13.4. The summed E-state index contributed by atoms with van der Waals surface area (Å²) < 4.78 is 1.51. The maximum atomic E-state index is 13.8. The lowest BCUT2D eigenvalue weighted by atomic mass is 9.92. The Bertz CT molecular complexity index is 1340. The number of nitrogens with zero attached hydrogens (tertiary/aromatic N) is 2. The molecule has 0 fully saturated rings. The molecule has 2 aromatic carbocycles. The first kappa shape index (κ1) is 29.8. The van der Waals surface area contributed by atoms with Gasteiger partial charge in [0.25, 0.3) is 5.56 Å². The molecule has 1 heterocycles. The molecule has 2 unspecified atom stereocenters. The zero-order valence-electron chi connectivity index (χ0n) is 23.9. The molecule has 0 aliphatic rings. The molecule has 1 amide bonds. The van der Waals surface area contributed by atoms with Gasteiger partial charge in [0.15, 0.2) is 0 Å². The number of hydrogen-bond acceptors (Lipinski definition) is 4. The minimum Gasteiger partial charge on any atom is -0.481 e. The maximum Gasteiger partial charge on any atom is 0.305 e. The van der Waals surface area contributed by atoms with Crippen LogP contribution in [0.15, 0.2) is 65.6 Å². The number of benzene rings is 2. The Kier molecular flexibility index (Phi) is 10.2. The number of pyridine rings is 1. The van der Waals surface area contributed by atoms with Crippen LogP contribution in [0.5, 0.6) is 0 Å². The monoisotopic (exact) mass is 531 g/mol. The third-order valence-corrected chi connectivity index (χ3v) is 6.97. The topological polar surface area (TPSA) is 91.6 Å². The summed E-state index contributed by atoms with van der Waals surface area (Å²) in [5.41, 5.74) is 5.48. The summed E-state index contributed by atoms with van der Waals surface area (Å²) in [6.07, 6.45) is 2.41. The Labute approximate surface area is 231 Å². The summed E-state index contributed by atoms with van der Waals surface area (Å²) in [5.74, 6) is -1.23. The highest BCUT2D eigenvalue weighted by molar-refractivity contribution is 5.82. The van der Waals surface area contributed by atoms with Gasteiger partial charge in [0.1, 0.15) is 6.04 Å². The van der Waals surface area contributed by atoms with Gasteiger partial charge in [-0.1, -0.05) is 56.3 Å². The van der Waals surface area contributed by atoms with Crippen LogP contribution in [0, 0.1) is 19.8 Å². The average Bonchev–Trinajstić information content (AvgIpc) is 2.86. The van der Waals surface area contributed by atoms with Gasteiger partial charge in [-0.3, -0.25) is 14.4 Å². The normalized spacial score (nSPS) is 12.9. The van der Waals surface area contributed by atoms with E-state index in [-0.39, 0.29) is 23.8 Å². The van der Waals surface area contributed by atoms with E-state index < -0.39 is 18.1 Å². The summed E-state index contributed by atoms with van der Waals surface area (Å²) in [5, 5.41) is 12.7. The number of aromatic nitrogens is 1. The maximum absolute atomic E-state index is 13.8. The third kappa shape index (κ3) is 7.90. The van der Waals surface area contributed by atoms with Crippen LogP contribution in [0.25, 0.3) is 11.1 Å². The predicted octanol–water partition coefficient (Wildman–Crippen LogP) is 5.16. The minimum atomic E-state index is -1.01. The van der Waals surface area contributed by atoms with Crippen LogP contribution in [0.3, 0.4) is 0 Å². The quantitative estimate of drug-likeness (QED) is 0.337. The van der Waals surface area contributed by atoms with Gasteiger partial charge in [-0.25, -0.2) is 0 Å². The van der Waals surface area contributed by atoms with E-state index in [1.807, 2.05) is 89.2 Å². The zero-order valence-corrected chi connectivity index (χ0v) is 23.9. The lowest BCUT2D eigenvalue weighted by molar-refractivity contribution is -0.138. The molecule has 7 heteroatoms. The van der Waals surface area contributed by atoms with Gasteiger partial charge in [0, 0.05) is 18.3 Å². The molecule has 3 rings (SSSR count). The Morgan fingerprint density at radius 3 is 2.28 bits per heavy atom. The number of nitrogens with one attached hydrogen (secondary N) is 1. The van der Waals surface area contributed by atoms with E-state index in [4.69, 9.17) is 0 Å². The highest BCUT2D eigenvalue weighted by Gasteiger charge is 2.27. The Balaban J connectivity index is 1.98. The molecule has 0 saturated heterocycles. The summed E-state index contributed by atoms with van der Waals surface area (Å²) in [7, 11) is 3.91. The molecular weight excluding hydrogens is 490 g/mol. The van der Waals surface area contributed by atoms with Crippen molar-refractivity contribution in [2.24, 2.45) is 5.92 Å². The van der Waals surface area contributed by atoms with E-state index >= 15 is 0 Å². The molecule has 2 atom stereocenters. The molecule has 1 aromatic heterocycles. The van der Waals surface area contributed by atoms with E-state index in [2.05, 4.69) is 5.32 Å². The van der Waals surface area contributed by atoms with Crippen molar-refractivity contribution in [1.82, 2.24) is 14.8 Å². The highest BCUT2D eigenvalue weighted by atomic mass is 16.4. The van der Waals surface area contributed by atoms with Crippen molar-refractivity contribution in [2.75, 3.05) is 20.6 Å². The second-order valence-corrected chi connectivity index (χ2v) is 11.0. The number of aryl methyl sites for hydroxylation is 2. The number of carboxylic acid groups (broad SMARTS) is 1. The van der Waals surface area contributed by atoms with Gasteiger partial charge in [-0.15, -0.1) is 0 Å². The van der Waals surface area contributed by atoms with Crippen molar-refractivity contribution in [2.45, 2.75) is 59.0 Å². The minimum absolute atomic E-state index is 0.142. The molecule has 0 bridgehead atoms. The lowest BCUT2D eigenvalue weighted by Gasteiger charge is -2.25. The van der Waals surface area contributed by atoms with Crippen molar-refractivity contribution < 1.29 is 14.7 Å². The van der Waals surface area contributed by atoms with Crippen molar-refractivity contribution in [3.63, 3.8) is 0 Å². The van der Waals surface area contributed by atoms with E-state index in [0.29, 0.717) is 24.0 Å². The van der Waals surface area contributed by atoms with Crippen LogP contribution in [0.2, 0.25) is 0 Å². The number of hydrogen-bond donors (Lipinski definition) is 2. The smallest absolute Gasteiger partial charge is 0.305 e. The first-order chi connectivity index (χ1) is 18.5. The van der Waals surface area contributed by atoms with E-state index in [1.165, 1.54) is 4.57 Å². The van der Waals surface area contributed by atoms with Gasteiger partial charge in [-0.2, -0.15) is 0 Å². The van der Waals surface area contributed by atoms with Gasteiger partial charge in [0.05, 0.1) is 12.5 Å². The number of amides is 1. The van der Waals surface area contributed by atoms with E-state index in [9.17, 15) is 19.5 Å². The van der Waals surface area contributed by atoms with Gasteiger partial charge >= 0.3 is 5.97 Å². The molecule has 2 N–H and O–H groups in total. The average molecular weight is 532 g/mol. The van der Waals surface area contributed by atoms with Crippen LogP contribution in [0.4, 0.5) is 0 Å². The number of rotatable bonds is 12. The number of carboxylic acids is 1. The molecule has 0 aliphatic heterocycles. The molecule has 0 spiro atoms. The molecule has 0 aliphatic carbocycles. The van der Waals surface area contributed by atoms with Crippen LogP contribution < -0.4 is 10.9 Å². The first-order valence-electron chi connectivity index (χ1n) is 13.5. The molecule has 7 nitrogen and oxygen atoms in total. The summed E-state index contributed by atoms with van der Waals surface area (Å²) >= 11 is 0. The standard InChI is InChI=1S/C32H41N3O4/c1-21(2)18-28(35-16-9-14-24(32(35)39)15-17-34(5)6)31(38)33-27(20-29(36)37)25-12-8-13-26(19-25)30-22(3)10-7-11-23(30)4/h7-14,16,19,21,27-28H,15,17-18,20H2,1-6H3,(H,33,38)(H,36,37). The van der Waals surface area contributed by atoms with Gasteiger partial charge in [0.2, 0.25) is 5.91 Å². The molecule has 0 radical (unpaired) electrons. The summed E-state index contributed by atoms with van der Waals surface area (Å²) in [6.45, 7) is 8.82. The van der Waals surface area contributed by atoms with Crippen molar-refractivity contribution >= 4 is 11.9 Å². The molecule has 3 aromatic rings. The number of aliphatic carboxylic acids is 1. The van der Waals surface area contributed by atoms with Crippen molar-refractivity contribution in [3.05, 3.63) is 93.4 Å². The van der Waals surface area contributed by atoms with E-state index in [0.717, 1.165) is 28.8 Å². The number of carbonyl (C=O) groups is 2. The first-order valence-corrected chi connectivity index (χ1v) is 13.5. The van der Waals surface area contributed by atoms with Gasteiger partial charge in [-0.05, 0) is 86.7 Å². The second-order valence-electron chi connectivity index (χ2n) is 11.0. The zero-order chi connectivity index (χ0) is 28.7. The Morgan fingerprint density at radius 2 is 1.67 bits per heavy atom. The SMILES string of the molecule is Cc1cccc(C)c1-c1cccc(C(CC(=O)O)NC(=O)C(CC(C)C)n2cccc(CCN(C)C)c2=O)c1. The van der Waals surface area contributed by atoms with Crippen LogP contribution >= 0.6 is 0 Å². The molecule has 208 valence electrons. The van der Waals surface area contributed by atoms with Crippen LogP contribution in [0.1, 0.15) is 61.0 Å². The fraction of sp³-hybridized carbons (Fsp3) is 0.406. The number of likely N-dealkylation sites (N-methyl/N-ethyl adjacent to an activating group) is 1. The molecule has 39 heavy (non-hydrogen) atoms. The molecule has 0 saturated carbocycles. The largest absolute Gasteiger partial charge is 0.481 e. The van der Waals surface area contributed by atoms with Crippen LogP contribution in [-0.4, -0.2) is 47.1 Å². The third-order valence-electron chi connectivity index (χ3n) is 6.97. The van der Waals surface area contributed by atoms with Crippen molar-refractivity contribution in [3.8, 4) is 11.1 Å². The van der Waals surface area contributed by atoms with Gasteiger partial charge < -0.3 is 19.9 Å². The molecular formula is C32H41N3O4.